The quantitative estimate of drug-likeness (QED) is 0.912. The van der Waals surface area contributed by atoms with Crippen LogP contribution < -0.4 is 5.32 Å². The minimum Gasteiger partial charge on any atom is -0.375 e. The van der Waals surface area contributed by atoms with E-state index < -0.39 is 18.6 Å². The van der Waals surface area contributed by atoms with Gasteiger partial charge in [-0.1, -0.05) is 18.2 Å². The number of nitrogens with zero attached hydrogens (tertiary/aromatic N) is 1. The molecule has 0 radical (unpaired) electrons. The van der Waals surface area contributed by atoms with Crippen LogP contribution in [0.1, 0.15) is 12.5 Å². The standard InChI is InChI=1S/C14H17F3N2O2/c1-10-9-19(6-7-21-10)13(20)18-12-5-3-2-4-11(12)8-14(15,16)17/h2-5,10H,6-9H2,1H3,(H,18,20)/t10-/m0/s1. The van der Waals surface area contributed by atoms with Crippen molar-refractivity contribution in [2.45, 2.75) is 25.6 Å². The van der Waals surface area contributed by atoms with Crippen LogP contribution in [0, 0.1) is 0 Å². The Morgan fingerprint density at radius 1 is 1.43 bits per heavy atom. The zero-order valence-electron chi connectivity index (χ0n) is 11.6. The molecule has 1 aliphatic rings. The van der Waals surface area contributed by atoms with Gasteiger partial charge >= 0.3 is 12.2 Å². The number of alkyl halides is 3. The number of halogens is 3. The van der Waals surface area contributed by atoms with Gasteiger partial charge < -0.3 is 15.0 Å². The zero-order valence-corrected chi connectivity index (χ0v) is 11.6. The molecule has 1 N–H and O–H groups in total. The number of para-hydroxylation sites is 1. The Balaban J connectivity index is 2.07. The van der Waals surface area contributed by atoms with E-state index in [0.717, 1.165) is 0 Å². The highest BCUT2D eigenvalue weighted by Gasteiger charge is 2.29. The number of hydrogen-bond acceptors (Lipinski definition) is 2. The van der Waals surface area contributed by atoms with Crippen molar-refractivity contribution in [3.63, 3.8) is 0 Å². The van der Waals surface area contributed by atoms with E-state index in [-0.39, 0.29) is 17.4 Å². The highest BCUT2D eigenvalue weighted by atomic mass is 19.4. The lowest BCUT2D eigenvalue weighted by Crippen LogP contribution is -2.46. The second-order valence-electron chi connectivity index (χ2n) is 5.01. The summed E-state index contributed by atoms with van der Waals surface area (Å²) in [6.45, 7) is 3.13. The lowest BCUT2D eigenvalue weighted by atomic mass is 10.1. The van der Waals surface area contributed by atoms with Crippen molar-refractivity contribution >= 4 is 11.7 Å². The third-order valence-electron chi connectivity index (χ3n) is 3.18. The van der Waals surface area contributed by atoms with Gasteiger partial charge in [0.2, 0.25) is 0 Å². The number of anilines is 1. The maximum absolute atomic E-state index is 12.5. The number of benzene rings is 1. The van der Waals surface area contributed by atoms with Crippen molar-refractivity contribution in [1.29, 1.82) is 0 Å². The second-order valence-corrected chi connectivity index (χ2v) is 5.01. The first-order valence-corrected chi connectivity index (χ1v) is 6.67. The zero-order chi connectivity index (χ0) is 15.5. The van der Waals surface area contributed by atoms with Crippen LogP contribution in [0.4, 0.5) is 23.7 Å². The molecular formula is C14H17F3N2O2. The number of urea groups is 1. The molecule has 4 nitrogen and oxygen atoms in total. The van der Waals surface area contributed by atoms with E-state index in [1.807, 2.05) is 6.92 Å². The van der Waals surface area contributed by atoms with Crippen LogP contribution in [0.15, 0.2) is 24.3 Å². The monoisotopic (exact) mass is 302 g/mol. The van der Waals surface area contributed by atoms with Crippen LogP contribution in [-0.2, 0) is 11.2 Å². The van der Waals surface area contributed by atoms with Gasteiger partial charge in [-0.2, -0.15) is 13.2 Å². The van der Waals surface area contributed by atoms with Crippen LogP contribution in [0.3, 0.4) is 0 Å². The Labute approximate surface area is 120 Å². The fraction of sp³-hybridized carbons (Fsp3) is 0.500. The van der Waals surface area contributed by atoms with Crippen molar-refractivity contribution in [2.24, 2.45) is 0 Å². The number of carbonyl (C=O) groups is 1. The van der Waals surface area contributed by atoms with Crippen molar-refractivity contribution in [3.05, 3.63) is 29.8 Å². The second kappa shape index (κ2) is 6.34. The average molecular weight is 302 g/mol. The summed E-state index contributed by atoms with van der Waals surface area (Å²) in [4.78, 5) is 13.6. The number of amides is 2. The first kappa shape index (κ1) is 15.6. The van der Waals surface area contributed by atoms with Gasteiger partial charge in [0.25, 0.3) is 0 Å². The Morgan fingerprint density at radius 3 is 2.81 bits per heavy atom. The van der Waals surface area contributed by atoms with Gasteiger partial charge in [0.15, 0.2) is 0 Å². The molecule has 1 aromatic carbocycles. The summed E-state index contributed by atoms with van der Waals surface area (Å²) >= 11 is 0. The maximum atomic E-state index is 12.5. The largest absolute Gasteiger partial charge is 0.393 e. The fourth-order valence-electron chi connectivity index (χ4n) is 2.21. The highest BCUT2D eigenvalue weighted by molar-refractivity contribution is 5.90. The molecule has 0 unspecified atom stereocenters. The van der Waals surface area contributed by atoms with Gasteiger partial charge in [0, 0.05) is 18.8 Å². The first-order chi connectivity index (χ1) is 9.85. The molecule has 0 saturated carbocycles. The van der Waals surface area contributed by atoms with E-state index in [0.29, 0.717) is 19.7 Å². The summed E-state index contributed by atoms with van der Waals surface area (Å²) in [5, 5.41) is 2.55. The third-order valence-corrected chi connectivity index (χ3v) is 3.18. The van der Waals surface area contributed by atoms with Crippen LogP contribution in [0.5, 0.6) is 0 Å². The van der Waals surface area contributed by atoms with Crippen molar-refractivity contribution in [3.8, 4) is 0 Å². The van der Waals surface area contributed by atoms with Gasteiger partial charge in [0.1, 0.15) is 0 Å². The number of rotatable bonds is 2. The van der Waals surface area contributed by atoms with E-state index >= 15 is 0 Å². The van der Waals surface area contributed by atoms with Crippen LogP contribution in [0.2, 0.25) is 0 Å². The Kier molecular flexibility index (Phi) is 4.72. The summed E-state index contributed by atoms with van der Waals surface area (Å²) < 4.78 is 42.9. The van der Waals surface area contributed by atoms with E-state index in [4.69, 9.17) is 4.74 Å². The predicted octanol–water partition coefficient (Wildman–Crippen LogP) is 3.04. The minimum atomic E-state index is -4.31. The molecule has 1 aliphatic heterocycles. The van der Waals surface area contributed by atoms with E-state index in [1.54, 1.807) is 11.0 Å². The lowest BCUT2D eigenvalue weighted by molar-refractivity contribution is -0.127. The van der Waals surface area contributed by atoms with Crippen LogP contribution in [0.25, 0.3) is 0 Å². The Bertz CT molecular complexity index is 505. The molecule has 1 fully saturated rings. The van der Waals surface area contributed by atoms with Gasteiger partial charge in [-0.15, -0.1) is 0 Å². The predicted molar refractivity (Wildman–Crippen MR) is 72.2 cm³/mol. The smallest absolute Gasteiger partial charge is 0.375 e. The molecule has 2 amide bonds. The molecule has 1 aromatic rings. The van der Waals surface area contributed by atoms with E-state index in [1.165, 1.54) is 18.2 Å². The Morgan fingerprint density at radius 2 is 2.14 bits per heavy atom. The normalized spacial score (nSPS) is 19.4. The Hall–Kier alpha value is -1.76. The maximum Gasteiger partial charge on any atom is 0.393 e. The van der Waals surface area contributed by atoms with Gasteiger partial charge in [-0.05, 0) is 18.6 Å². The average Bonchev–Trinajstić information content (AvgIpc) is 2.39. The summed E-state index contributed by atoms with van der Waals surface area (Å²) in [6, 6.07) is 5.55. The highest BCUT2D eigenvalue weighted by Crippen LogP contribution is 2.26. The number of ether oxygens (including phenoxy) is 1. The van der Waals surface area contributed by atoms with Gasteiger partial charge in [-0.25, -0.2) is 4.79 Å². The molecule has 1 heterocycles. The molecular weight excluding hydrogens is 285 g/mol. The molecule has 116 valence electrons. The summed E-state index contributed by atoms with van der Waals surface area (Å²) in [5.41, 5.74) is 0.249. The SMILES string of the molecule is C[C@H]1CN(C(=O)Nc2ccccc2CC(F)(F)F)CCO1. The molecule has 21 heavy (non-hydrogen) atoms. The molecule has 0 bridgehead atoms. The minimum absolute atomic E-state index is 0.0552. The third kappa shape index (κ3) is 4.63. The molecule has 7 heteroatoms. The van der Waals surface area contributed by atoms with Crippen LogP contribution in [-0.4, -0.2) is 42.9 Å². The van der Waals surface area contributed by atoms with Crippen molar-refractivity contribution in [1.82, 2.24) is 4.90 Å². The fourth-order valence-corrected chi connectivity index (χ4v) is 2.21. The van der Waals surface area contributed by atoms with Crippen LogP contribution >= 0.6 is 0 Å². The lowest BCUT2D eigenvalue weighted by Gasteiger charge is -2.31. The van der Waals surface area contributed by atoms with Crippen molar-refractivity contribution in [2.75, 3.05) is 25.0 Å². The number of nitrogens with one attached hydrogen (secondary N) is 1. The summed E-state index contributed by atoms with van der Waals surface area (Å²) in [6.07, 6.45) is -5.45. The topological polar surface area (TPSA) is 41.6 Å². The summed E-state index contributed by atoms with van der Waals surface area (Å²) in [5.74, 6) is 0. The molecule has 0 aliphatic carbocycles. The van der Waals surface area contributed by atoms with Gasteiger partial charge in [0.05, 0.1) is 19.1 Å². The van der Waals surface area contributed by atoms with E-state index in [9.17, 15) is 18.0 Å². The molecule has 1 saturated heterocycles. The number of morpholine rings is 1. The molecule has 1 atom stereocenters. The van der Waals surface area contributed by atoms with Gasteiger partial charge in [-0.3, -0.25) is 0 Å². The van der Waals surface area contributed by atoms with Crippen molar-refractivity contribution < 1.29 is 22.7 Å². The summed E-state index contributed by atoms with van der Waals surface area (Å²) in [7, 11) is 0. The first-order valence-electron chi connectivity index (χ1n) is 6.67. The van der Waals surface area contributed by atoms with E-state index in [2.05, 4.69) is 5.32 Å². The molecule has 0 spiro atoms. The molecule has 2 rings (SSSR count). The number of hydrogen-bond donors (Lipinski definition) is 1. The molecule has 0 aromatic heterocycles. The number of carbonyl (C=O) groups excluding carboxylic acids is 1.